The van der Waals surface area contributed by atoms with Crippen molar-refractivity contribution in [2.75, 3.05) is 19.8 Å². The number of thiazole rings is 1. The molecule has 0 unspecified atom stereocenters. The number of ether oxygens (including phenoxy) is 3. The molecule has 1 amide bonds. The summed E-state index contributed by atoms with van der Waals surface area (Å²) >= 11 is 7.29. The standard InChI is InChI=1S/C22H21ClN2O4S/c1-2-25(12-15-4-3-5-19-21(15)28-11-10-27-19)22(26)18-14-30-20(24-18)13-29-17-8-6-16(23)7-9-17/h3-9,14H,2,10-13H2,1H3. The van der Waals surface area contributed by atoms with Crippen LogP contribution in [0.5, 0.6) is 17.2 Å². The lowest BCUT2D eigenvalue weighted by molar-refractivity contribution is 0.0743. The van der Waals surface area contributed by atoms with Crippen molar-refractivity contribution in [3.8, 4) is 17.2 Å². The van der Waals surface area contributed by atoms with Gasteiger partial charge >= 0.3 is 0 Å². The van der Waals surface area contributed by atoms with Crippen LogP contribution in [-0.4, -0.2) is 35.5 Å². The normalized spacial score (nSPS) is 12.5. The molecule has 4 rings (SSSR count). The monoisotopic (exact) mass is 444 g/mol. The number of carbonyl (C=O) groups is 1. The average molecular weight is 445 g/mol. The molecule has 1 aliphatic rings. The fraction of sp³-hybridized carbons (Fsp3) is 0.273. The number of aromatic nitrogens is 1. The molecular weight excluding hydrogens is 424 g/mol. The van der Waals surface area contributed by atoms with Crippen LogP contribution in [0.15, 0.2) is 47.8 Å². The molecule has 0 atom stereocenters. The molecule has 1 aliphatic heterocycles. The molecule has 0 bridgehead atoms. The van der Waals surface area contributed by atoms with Crippen LogP contribution in [0.3, 0.4) is 0 Å². The molecule has 1 aromatic heterocycles. The number of benzene rings is 2. The summed E-state index contributed by atoms with van der Waals surface area (Å²) in [6.07, 6.45) is 0. The first kappa shape index (κ1) is 20.5. The molecule has 8 heteroatoms. The second-order valence-corrected chi connectivity index (χ2v) is 8.01. The van der Waals surface area contributed by atoms with Gasteiger partial charge in [-0.25, -0.2) is 4.98 Å². The first-order chi connectivity index (χ1) is 14.6. The largest absolute Gasteiger partial charge is 0.486 e. The van der Waals surface area contributed by atoms with Gasteiger partial charge in [0, 0.05) is 29.1 Å². The van der Waals surface area contributed by atoms with Gasteiger partial charge in [-0.2, -0.15) is 0 Å². The first-order valence-electron chi connectivity index (χ1n) is 9.63. The van der Waals surface area contributed by atoms with Gasteiger partial charge in [-0.1, -0.05) is 23.7 Å². The van der Waals surface area contributed by atoms with Gasteiger partial charge in [-0.15, -0.1) is 11.3 Å². The predicted octanol–water partition coefficient (Wildman–Crippen LogP) is 4.81. The zero-order valence-electron chi connectivity index (χ0n) is 16.5. The highest BCUT2D eigenvalue weighted by molar-refractivity contribution is 7.09. The summed E-state index contributed by atoms with van der Waals surface area (Å²) in [6, 6.07) is 12.9. The van der Waals surface area contributed by atoms with E-state index in [1.165, 1.54) is 11.3 Å². The average Bonchev–Trinajstić information content (AvgIpc) is 3.26. The second-order valence-electron chi connectivity index (χ2n) is 6.63. The molecule has 0 radical (unpaired) electrons. The van der Waals surface area contributed by atoms with Crippen LogP contribution in [0.25, 0.3) is 0 Å². The summed E-state index contributed by atoms with van der Waals surface area (Å²) in [4.78, 5) is 19.2. The van der Waals surface area contributed by atoms with Crippen molar-refractivity contribution in [1.29, 1.82) is 0 Å². The minimum atomic E-state index is -0.124. The Labute approximate surface area is 184 Å². The topological polar surface area (TPSA) is 60.9 Å². The van der Waals surface area contributed by atoms with Crippen LogP contribution in [0, 0.1) is 0 Å². The van der Waals surface area contributed by atoms with Crippen LogP contribution in [0.1, 0.15) is 28.0 Å². The van der Waals surface area contributed by atoms with Crippen LogP contribution in [-0.2, 0) is 13.2 Å². The van der Waals surface area contributed by atoms with Gasteiger partial charge in [0.05, 0.1) is 0 Å². The number of amides is 1. The summed E-state index contributed by atoms with van der Waals surface area (Å²) in [5.41, 5.74) is 1.34. The number of nitrogens with zero attached hydrogens (tertiary/aromatic N) is 2. The lowest BCUT2D eigenvalue weighted by atomic mass is 10.1. The Hall–Kier alpha value is -2.77. The van der Waals surface area contributed by atoms with Gasteiger partial charge in [0.15, 0.2) is 11.5 Å². The molecular formula is C22H21ClN2O4S. The molecule has 156 valence electrons. The Bertz CT molecular complexity index is 1020. The van der Waals surface area contributed by atoms with Crippen molar-refractivity contribution in [1.82, 2.24) is 9.88 Å². The predicted molar refractivity (Wildman–Crippen MR) is 116 cm³/mol. The number of halogens is 1. The Balaban J connectivity index is 1.42. The van der Waals surface area contributed by atoms with Gasteiger partial charge in [-0.3, -0.25) is 4.79 Å². The lowest BCUT2D eigenvalue weighted by Crippen LogP contribution is -2.31. The van der Waals surface area contributed by atoms with E-state index in [-0.39, 0.29) is 5.91 Å². The molecule has 0 saturated heterocycles. The number of hydrogen-bond donors (Lipinski definition) is 0. The summed E-state index contributed by atoms with van der Waals surface area (Å²) in [7, 11) is 0. The van der Waals surface area contributed by atoms with E-state index in [1.807, 2.05) is 25.1 Å². The van der Waals surface area contributed by atoms with Crippen molar-refractivity contribution in [2.45, 2.75) is 20.1 Å². The van der Waals surface area contributed by atoms with Crippen LogP contribution >= 0.6 is 22.9 Å². The summed E-state index contributed by atoms with van der Waals surface area (Å²) in [6.45, 7) is 4.26. The second kappa shape index (κ2) is 9.36. The molecule has 2 aromatic carbocycles. The maximum absolute atomic E-state index is 13.0. The summed E-state index contributed by atoms with van der Waals surface area (Å²) in [5, 5.41) is 3.16. The summed E-state index contributed by atoms with van der Waals surface area (Å²) in [5.74, 6) is 2.01. The van der Waals surface area contributed by atoms with Crippen molar-refractivity contribution in [3.63, 3.8) is 0 Å². The number of fused-ring (bicyclic) bond motifs is 1. The van der Waals surface area contributed by atoms with Gasteiger partial charge in [-0.05, 0) is 37.3 Å². The van der Waals surface area contributed by atoms with Gasteiger partial charge in [0.1, 0.15) is 36.3 Å². The molecule has 0 N–H and O–H groups in total. The third-order valence-corrected chi connectivity index (χ3v) is 5.70. The van der Waals surface area contributed by atoms with E-state index in [4.69, 9.17) is 25.8 Å². The first-order valence-corrected chi connectivity index (χ1v) is 10.9. The van der Waals surface area contributed by atoms with Crippen LogP contribution < -0.4 is 14.2 Å². The van der Waals surface area contributed by atoms with E-state index in [2.05, 4.69) is 4.98 Å². The van der Waals surface area contributed by atoms with E-state index in [1.54, 1.807) is 34.5 Å². The Morgan fingerprint density at radius 2 is 2.00 bits per heavy atom. The number of rotatable bonds is 7. The summed E-state index contributed by atoms with van der Waals surface area (Å²) < 4.78 is 17.1. The molecule has 0 saturated carbocycles. The highest BCUT2D eigenvalue weighted by atomic mass is 35.5. The number of carbonyl (C=O) groups excluding carboxylic acids is 1. The molecule has 0 fully saturated rings. The fourth-order valence-corrected chi connectivity index (χ4v) is 3.91. The smallest absolute Gasteiger partial charge is 0.273 e. The molecule has 0 aliphatic carbocycles. The number of hydrogen-bond acceptors (Lipinski definition) is 6. The van der Waals surface area contributed by atoms with E-state index in [0.717, 1.165) is 16.3 Å². The maximum atomic E-state index is 13.0. The van der Waals surface area contributed by atoms with E-state index in [0.29, 0.717) is 55.1 Å². The fourth-order valence-electron chi connectivity index (χ4n) is 3.10. The third-order valence-electron chi connectivity index (χ3n) is 4.62. The van der Waals surface area contributed by atoms with Gasteiger partial charge < -0.3 is 19.1 Å². The Morgan fingerprint density at radius 1 is 1.20 bits per heavy atom. The Morgan fingerprint density at radius 3 is 2.80 bits per heavy atom. The van der Waals surface area contributed by atoms with Crippen LogP contribution in [0.4, 0.5) is 0 Å². The number of para-hydroxylation sites is 1. The third kappa shape index (κ3) is 4.68. The minimum Gasteiger partial charge on any atom is -0.486 e. The van der Waals surface area contributed by atoms with E-state index >= 15 is 0 Å². The Kier molecular flexibility index (Phi) is 6.40. The lowest BCUT2D eigenvalue weighted by Gasteiger charge is -2.25. The van der Waals surface area contributed by atoms with Crippen LogP contribution in [0.2, 0.25) is 5.02 Å². The molecule has 0 spiro atoms. The molecule has 3 aromatic rings. The highest BCUT2D eigenvalue weighted by Gasteiger charge is 2.22. The zero-order valence-corrected chi connectivity index (χ0v) is 18.0. The van der Waals surface area contributed by atoms with Gasteiger partial charge in [0.25, 0.3) is 5.91 Å². The van der Waals surface area contributed by atoms with E-state index in [9.17, 15) is 4.79 Å². The van der Waals surface area contributed by atoms with Crippen molar-refractivity contribution < 1.29 is 19.0 Å². The molecule has 30 heavy (non-hydrogen) atoms. The van der Waals surface area contributed by atoms with E-state index < -0.39 is 0 Å². The maximum Gasteiger partial charge on any atom is 0.273 e. The van der Waals surface area contributed by atoms with Crippen molar-refractivity contribution >= 4 is 28.8 Å². The zero-order chi connectivity index (χ0) is 20.9. The van der Waals surface area contributed by atoms with Crippen molar-refractivity contribution in [2.24, 2.45) is 0 Å². The molecule has 6 nitrogen and oxygen atoms in total. The highest BCUT2D eigenvalue weighted by Crippen LogP contribution is 2.34. The quantitative estimate of drug-likeness (QED) is 0.523. The minimum absolute atomic E-state index is 0.124. The molecule has 2 heterocycles. The van der Waals surface area contributed by atoms with Gasteiger partial charge in [0.2, 0.25) is 0 Å². The SMILES string of the molecule is CCN(Cc1cccc2c1OCCO2)C(=O)c1csc(COc2ccc(Cl)cc2)n1. The van der Waals surface area contributed by atoms with Crippen molar-refractivity contribution in [3.05, 3.63) is 69.1 Å².